The standard InChI is InChI=1S/C10H18N4O/c1-4-7(2)10-12-8(6-15-3)5-9(13-10)14-11/h5,7H,4,6,11H2,1-3H3,(H,12,13,14). The summed E-state index contributed by atoms with van der Waals surface area (Å²) in [6, 6.07) is 1.79. The van der Waals surface area contributed by atoms with E-state index in [1.807, 2.05) is 0 Å². The van der Waals surface area contributed by atoms with Gasteiger partial charge in [0.1, 0.15) is 11.6 Å². The summed E-state index contributed by atoms with van der Waals surface area (Å²) < 4.78 is 5.04. The average molecular weight is 210 g/mol. The van der Waals surface area contributed by atoms with Crippen LogP contribution in [0.4, 0.5) is 5.82 Å². The SMILES string of the molecule is CCC(C)c1nc(COC)cc(NN)n1. The molecule has 0 aliphatic rings. The zero-order valence-electron chi connectivity index (χ0n) is 9.45. The zero-order valence-corrected chi connectivity index (χ0v) is 9.45. The third kappa shape index (κ3) is 3.14. The lowest BCUT2D eigenvalue weighted by molar-refractivity contribution is 0.181. The van der Waals surface area contributed by atoms with Gasteiger partial charge in [0.05, 0.1) is 12.3 Å². The van der Waals surface area contributed by atoms with Crippen molar-refractivity contribution in [2.45, 2.75) is 32.8 Å². The van der Waals surface area contributed by atoms with Crippen LogP contribution in [-0.2, 0) is 11.3 Å². The zero-order chi connectivity index (χ0) is 11.3. The second kappa shape index (κ2) is 5.63. The van der Waals surface area contributed by atoms with Crippen LogP contribution < -0.4 is 11.3 Å². The van der Waals surface area contributed by atoms with Gasteiger partial charge in [-0.3, -0.25) is 0 Å². The van der Waals surface area contributed by atoms with Crippen molar-refractivity contribution in [3.63, 3.8) is 0 Å². The van der Waals surface area contributed by atoms with Crippen LogP contribution in [-0.4, -0.2) is 17.1 Å². The Morgan fingerprint density at radius 1 is 1.53 bits per heavy atom. The maximum atomic E-state index is 5.34. The molecule has 0 aromatic carbocycles. The molecule has 5 heteroatoms. The molecule has 0 saturated carbocycles. The van der Waals surface area contributed by atoms with E-state index >= 15 is 0 Å². The molecule has 1 atom stereocenters. The summed E-state index contributed by atoms with van der Waals surface area (Å²) in [6.07, 6.45) is 1.00. The van der Waals surface area contributed by atoms with Crippen LogP contribution in [0.1, 0.15) is 37.7 Å². The van der Waals surface area contributed by atoms with Crippen molar-refractivity contribution in [1.29, 1.82) is 0 Å². The topological polar surface area (TPSA) is 73.1 Å². The van der Waals surface area contributed by atoms with Crippen LogP contribution in [0.3, 0.4) is 0 Å². The number of hydrazine groups is 1. The molecular weight excluding hydrogens is 192 g/mol. The van der Waals surface area contributed by atoms with Crippen LogP contribution in [0.25, 0.3) is 0 Å². The van der Waals surface area contributed by atoms with Crippen LogP contribution in [0.15, 0.2) is 6.07 Å². The number of nitrogen functional groups attached to an aromatic ring is 1. The lowest BCUT2D eigenvalue weighted by Gasteiger charge is -2.11. The highest BCUT2D eigenvalue weighted by atomic mass is 16.5. The number of anilines is 1. The number of methoxy groups -OCH3 is 1. The smallest absolute Gasteiger partial charge is 0.144 e. The van der Waals surface area contributed by atoms with E-state index in [-0.39, 0.29) is 0 Å². The van der Waals surface area contributed by atoms with Gasteiger partial charge in [0.2, 0.25) is 0 Å². The predicted molar refractivity (Wildman–Crippen MR) is 59.3 cm³/mol. The molecule has 3 N–H and O–H groups in total. The van der Waals surface area contributed by atoms with Gasteiger partial charge in [0.25, 0.3) is 0 Å². The third-order valence-corrected chi connectivity index (χ3v) is 2.29. The van der Waals surface area contributed by atoms with E-state index in [1.165, 1.54) is 0 Å². The molecule has 0 fully saturated rings. The molecule has 0 radical (unpaired) electrons. The minimum atomic E-state index is 0.328. The summed E-state index contributed by atoms with van der Waals surface area (Å²) in [4.78, 5) is 8.71. The molecule has 0 saturated heterocycles. The first kappa shape index (κ1) is 11.9. The maximum Gasteiger partial charge on any atom is 0.144 e. The minimum Gasteiger partial charge on any atom is -0.378 e. The summed E-state index contributed by atoms with van der Waals surface area (Å²) >= 11 is 0. The van der Waals surface area contributed by atoms with Gasteiger partial charge in [-0.2, -0.15) is 0 Å². The number of rotatable bonds is 5. The quantitative estimate of drug-likeness (QED) is 0.568. The summed E-state index contributed by atoms with van der Waals surface area (Å²) in [6.45, 7) is 4.67. The number of nitrogens with zero attached hydrogens (tertiary/aromatic N) is 2. The van der Waals surface area contributed by atoms with E-state index in [0.29, 0.717) is 18.3 Å². The Bertz CT molecular complexity index is 316. The van der Waals surface area contributed by atoms with E-state index in [2.05, 4.69) is 29.2 Å². The van der Waals surface area contributed by atoms with Crippen molar-refractivity contribution in [3.05, 3.63) is 17.6 Å². The summed E-state index contributed by atoms with van der Waals surface area (Å²) in [5, 5.41) is 0. The lowest BCUT2D eigenvalue weighted by Crippen LogP contribution is -2.13. The van der Waals surface area contributed by atoms with Gasteiger partial charge in [-0.15, -0.1) is 0 Å². The Balaban J connectivity index is 2.99. The normalized spacial score (nSPS) is 12.5. The number of hydrogen-bond acceptors (Lipinski definition) is 5. The minimum absolute atomic E-state index is 0.328. The van der Waals surface area contributed by atoms with Gasteiger partial charge in [0.15, 0.2) is 0 Å². The number of ether oxygens (including phenoxy) is 1. The van der Waals surface area contributed by atoms with E-state index in [9.17, 15) is 0 Å². The van der Waals surface area contributed by atoms with E-state index in [0.717, 1.165) is 17.9 Å². The van der Waals surface area contributed by atoms with Gasteiger partial charge < -0.3 is 10.2 Å². The van der Waals surface area contributed by atoms with E-state index in [4.69, 9.17) is 10.6 Å². The van der Waals surface area contributed by atoms with Crippen LogP contribution in [0.5, 0.6) is 0 Å². The fourth-order valence-corrected chi connectivity index (χ4v) is 1.22. The molecule has 0 aliphatic carbocycles. The van der Waals surface area contributed by atoms with Crippen LogP contribution >= 0.6 is 0 Å². The third-order valence-electron chi connectivity index (χ3n) is 2.29. The van der Waals surface area contributed by atoms with E-state index < -0.39 is 0 Å². The molecule has 1 rings (SSSR count). The lowest BCUT2D eigenvalue weighted by atomic mass is 10.1. The molecular formula is C10H18N4O. The highest BCUT2D eigenvalue weighted by Gasteiger charge is 2.09. The second-order valence-electron chi connectivity index (χ2n) is 3.49. The number of nitrogens with one attached hydrogen (secondary N) is 1. The van der Waals surface area contributed by atoms with Crippen LogP contribution in [0, 0.1) is 0 Å². The molecule has 0 bridgehead atoms. The number of aromatic nitrogens is 2. The molecule has 1 unspecified atom stereocenters. The number of hydrogen-bond donors (Lipinski definition) is 2. The molecule has 0 aliphatic heterocycles. The van der Waals surface area contributed by atoms with Crippen molar-refractivity contribution < 1.29 is 4.74 Å². The predicted octanol–water partition coefficient (Wildman–Crippen LogP) is 1.42. The second-order valence-corrected chi connectivity index (χ2v) is 3.49. The molecule has 0 spiro atoms. The first-order valence-electron chi connectivity index (χ1n) is 5.04. The summed E-state index contributed by atoms with van der Waals surface area (Å²) in [5.41, 5.74) is 3.38. The highest BCUT2D eigenvalue weighted by Crippen LogP contribution is 2.17. The Morgan fingerprint density at radius 2 is 2.27 bits per heavy atom. The van der Waals surface area contributed by atoms with Gasteiger partial charge in [0, 0.05) is 19.1 Å². The summed E-state index contributed by atoms with van der Waals surface area (Å²) in [7, 11) is 1.64. The fourth-order valence-electron chi connectivity index (χ4n) is 1.22. The van der Waals surface area contributed by atoms with Gasteiger partial charge >= 0.3 is 0 Å². The van der Waals surface area contributed by atoms with Gasteiger partial charge in [-0.05, 0) is 6.42 Å². The van der Waals surface area contributed by atoms with Gasteiger partial charge in [-0.1, -0.05) is 13.8 Å². The summed E-state index contributed by atoms with van der Waals surface area (Å²) in [5.74, 6) is 7.11. The molecule has 84 valence electrons. The maximum absolute atomic E-state index is 5.34. The Morgan fingerprint density at radius 3 is 2.80 bits per heavy atom. The van der Waals surface area contributed by atoms with Crippen molar-refractivity contribution in [3.8, 4) is 0 Å². The molecule has 0 amide bonds. The van der Waals surface area contributed by atoms with Crippen molar-refractivity contribution in [1.82, 2.24) is 9.97 Å². The molecule has 5 nitrogen and oxygen atoms in total. The fraction of sp³-hybridized carbons (Fsp3) is 0.600. The Labute approximate surface area is 90.0 Å². The Hall–Kier alpha value is -1.20. The van der Waals surface area contributed by atoms with Crippen LogP contribution in [0.2, 0.25) is 0 Å². The van der Waals surface area contributed by atoms with Crippen molar-refractivity contribution in [2.75, 3.05) is 12.5 Å². The molecule has 1 heterocycles. The van der Waals surface area contributed by atoms with Crippen molar-refractivity contribution >= 4 is 5.82 Å². The number of nitrogens with two attached hydrogens (primary N) is 1. The monoisotopic (exact) mass is 210 g/mol. The molecule has 15 heavy (non-hydrogen) atoms. The first-order valence-corrected chi connectivity index (χ1v) is 5.04. The highest BCUT2D eigenvalue weighted by molar-refractivity contribution is 5.34. The first-order chi connectivity index (χ1) is 7.21. The average Bonchev–Trinajstić information content (AvgIpc) is 2.28. The van der Waals surface area contributed by atoms with Gasteiger partial charge in [-0.25, -0.2) is 15.8 Å². The molecule has 1 aromatic rings. The molecule has 1 aromatic heterocycles. The Kier molecular flexibility index (Phi) is 4.45. The van der Waals surface area contributed by atoms with E-state index in [1.54, 1.807) is 13.2 Å². The largest absolute Gasteiger partial charge is 0.378 e. The van der Waals surface area contributed by atoms with Crippen molar-refractivity contribution in [2.24, 2.45) is 5.84 Å².